The molecule has 1 atom stereocenters. The highest BCUT2D eigenvalue weighted by Gasteiger charge is 2.25. The molecule has 0 radical (unpaired) electrons. The van der Waals surface area contributed by atoms with Crippen LogP contribution in [0.2, 0.25) is 0 Å². The average Bonchev–Trinajstić information content (AvgIpc) is 2.67. The Bertz CT molecular complexity index is 648. The monoisotopic (exact) mass is 325 g/mol. The number of nitrogens with zero attached hydrogens (tertiary/aromatic N) is 1. The summed E-state index contributed by atoms with van der Waals surface area (Å²) in [5.74, 6) is 0.740. The molecule has 1 saturated heterocycles. The summed E-state index contributed by atoms with van der Waals surface area (Å²) < 4.78 is 10.6. The Morgan fingerprint density at radius 1 is 1.08 bits per heavy atom. The van der Waals surface area contributed by atoms with Crippen molar-refractivity contribution in [2.75, 3.05) is 40.0 Å². The summed E-state index contributed by atoms with van der Waals surface area (Å²) in [4.78, 5) is 15.4. The molecule has 0 unspecified atom stereocenters. The Hall–Kier alpha value is -2.17. The molecule has 0 N–H and O–H groups in total. The highest BCUT2D eigenvalue weighted by atomic mass is 16.5. The van der Waals surface area contributed by atoms with E-state index in [1.54, 1.807) is 7.11 Å². The van der Waals surface area contributed by atoms with Gasteiger partial charge in [0.1, 0.15) is 5.75 Å². The highest BCUT2D eigenvalue weighted by Crippen LogP contribution is 2.24. The molecule has 4 heteroatoms. The number of carbonyl (C=O) groups is 1. The predicted molar refractivity (Wildman–Crippen MR) is 93.8 cm³/mol. The van der Waals surface area contributed by atoms with Crippen molar-refractivity contribution in [1.29, 1.82) is 0 Å². The van der Waals surface area contributed by atoms with Crippen molar-refractivity contribution in [3.63, 3.8) is 0 Å². The lowest BCUT2D eigenvalue weighted by atomic mass is 9.90. The van der Waals surface area contributed by atoms with Crippen LogP contribution in [0, 0.1) is 0 Å². The Balaban J connectivity index is 1.83. The van der Waals surface area contributed by atoms with Gasteiger partial charge in [0.2, 0.25) is 0 Å². The summed E-state index contributed by atoms with van der Waals surface area (Å²) in [7, 11) is 1.63. The van der Waals surface area contributed by atoms with Gasteiger partial charge in [0.15, 0.2) is 5.78 Å². The maximum absolute atomic E-state index is 13.1. The third kappa shape index (κ3) is 4.02. The van der Waals surface area contributed by atoms with Gasteiger partial charge in [-0.2, -0.15) is 0 Å². The number of benzene rings is 2. The van der Waals surface area contributed by atoms with Gasteiger partial charge in [0.05, 0.1) is 26.2 Å². The van der Waals surface area contributed by atoms with Crippen molar-refractivity contribution in [3.8, 4) is 5.75 Å². The van der Waals surface area contributed by atoms with Crippen LogP contribution in [0.15, 0.2) is 54.6 Å². The van der Waals surface area contributed by atoms with Gasteiger partial charge in [-0.05, 0) is 29.8 Å². The minimum absolute atomic E-state index is 0.148. The fourth-order valence-electron chi connectivity index (χ4n) is 3.02. The zero-order valence-electron chi connectivity index (χ0n) is 14.0. The number of methoxy groups -OCH3 is 1. The number of carbonyl (C=O) groups excluding carboxylic acids is 1. The Kier molecular flexibility index (Phi) is 5.62. The topological polar surface area (TPSA) is 38.8 Å². The van der Waals surface area contributed by atoms with Crippen molar-refractivity contribution in [2.24, 2.45) is 0 Å². The largest absolute Gasteiger partial charge is 0.497 e. The molecule has 4 nitrogen and oxygen atoms in total. The van der Waals surface area contributed by atoms with Crippen LogP contribution in [0.5, 0.6) is 5.75 Å². The summed E-state index contributed by atoms with van der Waals surface area (Å²) >= 11 is 0. The van der Waals surface area contributed by atoms with E-state index in [-0.39, 0.29) is 11.7 Å². The second kappa shape index (κ2) is 8.08. The zero-order chi connectivity index (χ0) is 16.8. The molecule has 0 aromatic heterocycles. The minimum Gasteiger partial charge on any atom is -0.497 e. The van der Waals surface area contributed by atoms with Gasteiger partial charge in [0, 0.05) is 25.2 Å². The molecular weight excluding hydrogens is 302 g/mol. The van der Waals surface area contributed by atoms with Gasteiger partial charge in [-0.25, -0.2) is 0 Å². The number of Topliss-reactive ketones (excluding diaryl/α,β-unsaturated/α-hetero) is 1. The summed E-state index contributed by atoms with van der Waals surface area (Å²) in [5, 5.41) is 0. The molecule has 1 heterocycles. The normalized spacial score (nSPS) is 16.5. The number of ketones is 1. The van der Waals surface area contributed by atoms with Crippen LogP contribution in [-0.2, 0) is 4.74 Å². The number of hydrogen-bond acceptors (Lipinski definition) is 4. The molecule has 126 valence electrons. The first-order valence-electron chi connectivity index (χ1n) is 8.31. The molecule has 24 heavy (non-hydrogen) atoms. The van der Waals surface area contributed by atoms with E-state index in [0.717, 1.165) is 49.7 Å². The molecule has 0 bridgehead atoms. The Morgan fingerprint density at radius 2 is 1.75 bits per heavy atom. The molecule has 3 rings (SSSR count). The number of ether oxygens (including phenoxy) is 2. The van der Waals surface area contributed by atoms with Crippen LogP contribution in [0.4, 0.5) is 0 Å². The average molecular weight is 325 g/mol. The van der Waals surface area contributed by atoms with Crippen LogP contribution < -0.4 is 4.74 Å². The van der Waals surface area contributed by atoms with Gasteiger partial charge >= 0.3 is 0 Å². The smallest absolute Gasteiger partial charge is 0.171 e. The van der Waals surface area contributed by atoms with Crippen molar-refractivity contribution >= 4 is 5.78 Å². The standard InChI is InChI=1S/C20H23NO3/c1-23-18-9-7-17(8-10-18)20(22)19(16-5-3-2-4-6-16)15-21-11-13-24-14-12-21/h2-10,19H,11-15H2,1H3/t19-/m1/s1. The lowest BCUT2D eigenvalue weighted by molar-refractivity contribution is 0.0345. The maximum Gasteiger partial charge on any atom is 0.171 e. The lowest BCUT2D eigenvalue weighted by Crippen LogP contribution is -2.40. The lowest BCUT2D eigenvalue weighted by Gasteiger charge is -2.30. The SMILES string of the molecule is COc1ccc(C(=O)[C@H](CN2CCOCC2)c2ccccc2)cc1. The molecule has 0 saturated carbocycles. The molecule has 1 aliphatic rings. The van der Waals surface area contributed by atoms with E-state index >= 15 is 0 Å². The summed E-state index contributed by atoms with van der Waals surface area (Å²) in [6.45, 7) is 3.94. The van der Waals surface area contributed by atoms with E-state index in [9.17, 15) is 4.79 Å². The molecule has 0 aliphatic carbocycles. The molecule has 1 aliphatic heterocycles. The minimum atomic E-state index is -0.169. The van der Waals surface area contributed by atoms with E-state index in [0.29, 0.717) is 0 Å². The summed E-state index contributed by atoms with van der Waals surface area (Å²) in [5.41, 5.74) is 1.78. The first kappa shape index (κ1) is 16.7. The van der Waals surface area contributed by atoms with Crippen molar-refractivity contribution in [2.45, 2.75) is 5.92 Å². The quantitative estimate of drug-likeness (QED) is 0.766. The van der Waals surface area contributed by atoms with Gasteiger partial charge in [0.25, 0.3) is 0 Å². The second-order valence-corrected chi connectivity index (χ2v) is 5.97. The van der Waals surface area contributed by atoms with Gasteiger partial charge in [-0.15, -0.1) is 0 Å². The third-order valence-corrected chi connectivity index (χ3v) is 4.44. The van der Waals surface area contributed by atoms with E-state index in [2.05, 4.69) is 4.90 Å². The van der Waals surface area contributed by atoms with Gasteiger partial charge < -0.3 is 9.47 Å². The number of morpholine rings is 1. The van der Waals surface area contributed by atoms with E-state index in [4.69, 9.17) is 9.47 Å². The second-order valence-electron chi connectivity index (χ2n) is 5.97. The highest BCUT2D eigenvalue weighted by molar-refractivity contribution is 6.01. The summed E-state index contributed by atoms with van der Waals surface area (Å²) in [6, 6.07) is 17.4. The molecule has 0 spiro atoms. The van der Waals surface area contributed by atoms with Crippen molar-refractivity contribution in [1.82, 2.24) is 4.90 Å². The number of hydrogen-bond donors (Lipinski definition) is 0. The van der Waals surface area contributed by atoms with E-state index in [1.807, 2.05) is 54.6 Å². The third-order valence-electron chi connectivity index (χ3n) is 4.44. The molecule has 2 aromatic carbocycles. The van der Waals surface area contributed by atoms with E-state index in [1.165, 1.54) is 0 Å². The van der Waals surface area contributed by atoms with Gasteiger partial charge in [-0.1, -0.05) is 30.3 Å². The molecule has 1 fully saturated rings. The fourth-order valence-corrected chi connectivity index (χ4v) is 3.02. The Morgan fingerprint density at radius 3 is 2.38 bits per heavy atom. The van der Waals surface area contributed by atoms with Crippen LogP contribution >= 0.6 is 0 Å². The van der Waals surface area contributed by atoms with Crippen LogP contribution in [0.25, 0.3) is 0 Å². The van der Waals surface area contributed by atoms with Crippen LogP contribution in [0.3, 0.4) is 0 Å². The van der Waals surface area contributed by atoms with Crippen LogP contribution in [-0.4, -0.2) is 50.6 Å². The van der Waals surface area contributed by atoms with Crippen molar-refractivity contribution in [3.05, 3.63) is 65.7 Å². The first-order chi connectivity index (χ1) is 11.8. The summed E-state index contributed by atoms with van der Waals surface area (Å²) in [6.07, 6.45) is 0. The zero-order valence-corrected chi connectivity index (χ0v) is 14.0. The van der Waals surface area contributed by atoms with E-state index < -0.39 is 0 Å². The molecule has 2 aromatic rings. The fraction of sp³-hybridized carbons (Fsp3) is 0.350. The van der Waals surface area contributed by atoms with Crippen molar-refractivity contribution < 1.29 is 14.3 Å². The number of rotatable bonds is 6. The molecular formula is C20H23NO3. The Labute approximate surface area is 143 Å². The first-order valence-corrected chi connectivity index (χ1v) is 8.31. The predicted octanol–water partition coefficient (Wildman–Crippen LogP) is 2.99. The molecule has 0 amide bonds. The van der Waals surface area contributed by atoms with Crippen LogP contribution in [0.1, 0.15) is 21.8 Å². The maximum atomic E-state index is 13.1. The van der Waals surface area contributed by atoms with Gasteiger partial charge in [-0.3, -0.25) is 9.69 Å².